The number of carbonyl (C=O) groups excluding carboxylic acids is 1. The Morgan fingerprint density at radius 2 is 1.94 bits per heavy atom. The molecule has 0 saturated carbocycles. The molecule has 1 aliphatic rings. The molecule has 0 spiro atoms. The van der Waals surface area contributed by atoms with Gasteiger partial charge in [0.2, 0.25) is 5.91 Å². The molecule has 0 aromatic carbocycles. The van der Waals surface area contributed by atoms with Gasteiger partial charge in [-0.05, 0) is 0 Å². The van der Waals surface area contributed by atoms with E-state index in [1.807, 2.05) is 0 Å². The van der Waals surface area contributed by atoms with E-state index in [1.54, 1.807) is 0 Å². The number of nitrogens with one attached hydrogen (secondary N) is 1. The second-order valence-electron chi connectivity index (χ2n) is 3.46. The molecule has 7 nitrogen and oxygen atoms in total. The van der Waals surface area contributed by atoms with Crippen LogP contribution in [-0.4, -0.2) is 68.9 Å². The number of aliphatic hydroxyl groups is 4. The number of amides is 1. The van der Waals surface area contributed by atoms with E-state index in [4.69, 9.17) is 9.84 Å². The Kier molecular flexibility index (Phi) is 5.09. The van der Waals surface area contributed by atoms with Crippen LogP contribution in [0.3, 0.4) is 0 Å². The first-order chi connectivity index (χ1) is 7.51. The van der Waals surface area contributed by atoms with Crippen molar-refractivity contribution in [2.45, 2.75) is 30.6 Å². The van der Waals surface area contributed by atoms with Gasteiger partial charge >= 0.3 is 0 Å². The van der Waals surface area contributed by atoms with Crippen LogP contribution >= 0.6 is 15.9 Å². The maximum Gasteiger partial charge on any atom is 0.231 e. The first-order valence-corrected chi connectivity index (χ1v) is 5.79. The standard InChI is InChI=1S/C8H14BrNO6/c9-1-4(12)10-5-7(14)6(13)3(2-11)16-8(5)15/h3,5-8,11,13-15H,1-2H2,(H,10,12)/t3-,5-,6+,7-,8?/m1/s1. The highest BCUT2D eigenvalue weighted by Gasteiger charge is 2.44. The van der Waals surface area contributed by atoms with Gasteiger partial charge in [0.1, 0.15) is 24.4 Å². The lowest BCUT2D eigenvalue weighted by molar-refractivity contribution is -0.253. The SMILES string of the molecule is O=C(CBr)N[C@H]1C(O)O[C@H](CO)[C@H](O)[C@@H]1O. The van der Waals surface area contributed by atoms with Crippen molar-refractivity contribution < 1.29 is 30.0 Å². The summed E-state index contributed by atoms with van der Waals surface area (Å²) in [6, 6.07) is -1.12. The van der Waals surface area contributed by atoms with Gasteiger partial charge in [-0.2, -0.15) is 0 Å². The molecule has 1 saturated heterocycles. The zero-order chi connectivity index (χ0) is 12.3. The van der Waals surface area contributed by atoms with Gasteiger partial charge in [0.25, 0.3) is 0 Å². The van der Waals surface area contributed by atoms with Crippen LogP contribution in [0, 0.1) is 0 Å². The number of rotatable bonds is 3. The van der Waals surface area contributed by atoms with Crippen LogP contribution in [0.4, 0.5) is 0 Å². The number of aliphatic hydroxyl groups excluding tert-OH is 4. The van der Waals surface area contributed by atoms with Gasteiger partial charge in [0.15, 0.2) is 6.29 Å². The van der Waals surface area contributed by atoms with Gasteiger partial charge in [-0.15, -0.1) is 0 Å². The van der Waals surface area contributed by atoms with Crippen LogP contribution in [0.2, 0.25) is 0 Å². The van der Waals surface area contributed by atoms with Crippen molar-refractivity contribution >= 4 is 21.8 Å². The lowest BCUT2D eigenvalue weighted by atomic mass is 9.97. The van der Waals surface area contributed by atoms with Crippen LogP contribution in [-0.2, 0) is 9.53 Å². The molecule has 1 heterocycles. The van der Waals surface area contributed by atoms with Crippen molar-refractivity contribution in [2.75, 3.05) is 11.9 Å². The molecule has 1 unspecified atom stereocenters. The molecule has 94 valence electrons. The van der Waals surface area contributed by atoms with Crippen LogP contribution in [0.15, 0.2) is 0 Å². The van der Waals surface area contributed by atoms with Crippen LogP contribution in [0.25, 0.3) is 0 Å². The first kappa shape index (κ1) is 13.8. The van der Waals surface area contributed by atoms with E-state index < -0.39 is 43.2 Å². The molecular formula is C8H14BrNO6. The van der Waals surface area contributed by atoms with Crippen molar-refractivity contribution in [3.8, 4) is 0 Å². The Morgan fingerprint density at radius 3 is 2.44 bits per heavy atom. The molecule has 0 radical (unpaired) electrons. The predicted octanol–water partition coefficient (Wildman–Crippen LogP) is -2.70. The minimum atomic E-state index is -1.47. The van der Waals surface area contributed by atoms with Crippen molar-refractivity contribution in [3.05, 3.63) is 0 Å². The number of hydrogen-bond donors (Lipinski definition) is 5. The van der Waals surface area contributed by atoms with Crippen molar-refractivity contribution in [2.24, 2.45) is 0 Å². The molecule has 0 bridgehead atoms. The van der Waals surface area contributed by atoms with E-state index in [2.05, 4.69) is 21.2 Å². The average molecular weight is 300 g/mol. The van der Waals surface area contributed by atoms with Crippen molar-refractivity contribution in [1.29, 1.82) is 0 Å². The third-order valence-corrected chi connectivity index (χ3v) is 2.86. The van der Waals surface area contributed by atoms with E-state index >= 15 is 0 Å². The molecule has 8 heteroatoms. The summed E-state index contributed by atoms with van der Waals surface area (Å²) in [7, 11) is 0. The normalized spacial score (nSPS) is 39.4. The molecule has 1 rings (SSSR count). The summed E-state index contributed by atoms with van der Waals surface area (Å²) in [5.74, 6) is -0.457. The topological polar surface area (TPSA) is 119 Å². The van der Waals surface area contributed by atoms with Crippen molar-refractivity contribution in [3.63, 3.8) is 0 Å². The Morgan fingerprint density at radius 1 is 1.31 bits per heavy atom. The summed E-state index contributed by atoms with van der Waals surface area (Å²) in [6.45, 7) is -0.533. The highest BCUT2D eigenvalue weighted by Crippen LogP contribution is 2.19. The maximum atomic E-state index is 11.1. The zero-order valence-corrected chi connectivity index (χ0v) is 9.87. The molecule has 1 aliphatic heterocycles. The molecular weight excluding hydrogens is 286 g/mol. The van der Waals surface area contributed by atoms with Crippen LogP contribution < -0.4 is 5.32 Å². The van der Waals surface area contributed by atoms with Gasteiger partial charge in [0.05, 0.1) is 11.9 Å². The lowest BCUT2D eigenvalue weighted by Gasteiger charge is -2.40. The fraction of sp³-hybridized carbons (Fsp3) is 0.875. The quantitative estimate of drug-likeness (QED) is 0.362. The van der Waals surface area contributed by atoms with E-state index in [0.29, 0.717) is 0 Å². The van der Waals surface area contributed by atoms with Gasteiger partial charge in [-0.1, -0.05) is 15.9 Å². The van der Waals surface area contributed by atoms with E-state index in [0.717, 1.165) is 0 Å². The summed E-state index contributed by atoms with van der Waals surface area (Å²) in [5, 5.41) is 39.7. The minimum Gasteiger partial charge on any atom is -0.394 e. The minimum absolute atomic E-state index is 0.00244. The Bertz CT molecular complexity index is 253. The Balaban J connectivity index is 2.67. The smallest absolute Gasteiger partial charge is 0.231 e. The predicted molar refractivity (Wildman–Crippen MR) is 55.7 cm³/mol. The van der Waals surface area contributed by atoms with Gasteiger partial charge in [-0.3, -0.25) is 4.79 Å². The molecule has 16 heavy (non-hydrogen) atoms. The molecule has 5 atom stereocenters. The first-order valence-electron chi connectivity index (χ1n) is 4.67. The maximum absolute atomic E-state index is 11.1. The van der Waals surface area contributed by atoms with Gasteiger partial charge < -0.3 is 30.5 Å². The summed E-state index contributed by atoms with van der Waals surface area (Å²) in [5.41, 5.74) is 0. The summed E-state index contributed by atoms with van der Waals surface area (Å²) >= 11 is 2.90. The second kappa shape index (κ2) is 5.89. The average Bonchev–Trinajstić information content (AvgIpc) is 2.28. The molecule has 5 N–H and O–H groups in total. The Labute approximate surface area is 100 Å². The number of halogens is 1. The van der Waals surface area contributed by atoms with Gasteiger partial charge in [-0.25, -0.2) is 0 Å². The third kappa shape index (κ3) is 2.90. The van der Waals surface area contributed by atoms with E-state index in [-0.39, 0.29) is 5.33 Å². The number of carbonyl (C=O) groups is 1. The number of ether oxygens (including phenoxy) is 1. The fourth-order valence-electron chi connectivity index (χ4n) is 1.48. The summed E-state index contributed by atoms with van der Waals surface area (Å²) in [4.78, 5) is 11.1. The molecule has 0 aromatic rings. The summed E-state index contributed by atoms with van der Waals surface area (Å²) < 4.78 is 4.84. The van der Waals surface area contributed by atoms with E-state index in [9.17, 15) is 20.1 Å². The second-order valence-corrected chi connectivity index (χ2v) is 4.02. The third-order valence-electron chi connectivity index (χ3n) is 2.35. The van der Waals surface area contributed by atoms with Crippen LogP contribution in [0.1, 0.15) is 0 Å². The Hall–Kier alpha value is -0.250. The lowest BCUT2D eigenvalue weighted by Crippen LogP contribution is -2.64. The monoisotopic (exact) mass is 299 g/mol. The highest BCUT2D eigenvalue weighted by molar-refractivity contribution is 9.09. The fourth-order valence-corrected chi connectivity index (χ4v) is 1.64. The number of hydrogen-bond acceptors (Lipinski definition) is 6. The molecule has 0 aromatic heterocycles. The van der Waals surface area contributed by atoms with Crippen LogP contribution in [0.5, 0.6) is 0 Å². The summed E-state index contributed by atoms with van der Waals surface area (Å²) in [6.07, 6.45) is -5.31. The van der Waals surface area contributed by atoms with Gasteiger partial charge in [0, 0.05) is 0 Å². The highest BCUT2D eigenvalue weighted by atomic mass is 79.9. The van der Waals surface area contributed by atoms with E-state index in [1.165, 1.54) is 0 Å². The number of alkyl halides is 1. The molecule has 1 amide bonds. The largest absolute Gasteiger partial charge is 0.394 e. The molecule has 1 fully saturated rings. The zero-order valence-electron chi connectivity index (χ0n) is 8.28. The van der Waals surface area contributed by atoms with Crippen molar-refractivity contribution in [1.82, 2.24) is 5.32 Å². The molecule has 0 aliphatic carbocycles.